The van der Waals surface area contributed by atoms with Crippen molar-refractivity contribution in [2.45, 2.75) is 46.2 Å². The first-order valence-corrected chi connectivity index (χ1v) is 6.85. The molecule has 2 heterocycles. The summed E-state index contributed by atoms with van der Waals surface area (Å²) < 4.78 is 2.01. The summed E-state index contributed by atoms with van der Waals surface area (Å²) in [6.45, 7) is 10.5. The molecule has 5 nitrogen and oxygen atoms in total. The Kier molecular flexibility index (Phi) is 4.02. The van der Waals surface area contributed by atoms with Gasteiger partial charge >= 0.3 is 0 Å². The Morgan fingerprint density at radius 3 is 2.61 bits per heavy atom. The third-order valence-corrected chi connectivity index (χ3v) is 4.06. The Labute approximate surface area is 109 Å². The van der Waals surface area contributed by atoms with Crippen LogP contribution in [0.15, 0.2) is 6.33 Å². The first kappa shape index (κ1) is 13.5. The van der Waals surface area contributed by atoms with Gasteiger partial charge in [-0.25, -0.2) is 9.67 Å². The van der Waals surface area contributed by atoms with E-state index in [1.165, 1.54) is 12.8 Å². The molecular formula is C13H25N5. The van der Waals surface area contributed by atoms with Gasteiger partial charge in [-0.1, -0.05) is 6.92 Å². The molecule has 0 aromatic carbocycles. The molecule has 1 aromatic heterocycles. The fourth-order valence-electron chi connectivity index (χ4n) is 2.47. The van der Waals surface area contributed by atoms with Gasteiger partial charge in [0.05, 0.1) is 6.54 Å². The van der Waals surface area contributed by atoms with E-state index in [4.69, 9.17) is 5.73 Å². The maximum atomic E-state index is 5.84. The molecule has 1 fully saturated rings. The molecule has 1 aliphatic heterocycles. The van der Waals surface area contributed by atoms with Crippen LogP contribution in [0, 0.1) is 5.41 Å². The summed E-state index contributed by atoms with van der Waals surface area (Å²) in [4.78, 5) is 6.83. The van der Waals surface area contributed by atoms with Crippen LogP contribution in [-0.2, 0) is 6.54 Å². The number of aromatic nitrogens is 3. The Morgan fingerprint density at radius 2 is 2.06 bits per heavy atom. The average Bonchev–Trinajstić information content (AvgIpc) is 2.81. The highest BCUT2D eigenvalue weighted by Crippen LogP contribution is 2.29. The first-order chi connectivity index (χ1) is 8.54. The molecular weight excluding hydrogens is 226 g/mol. The number of nitrogens with two attached hydrogens (primary N) is 1. The van der Waals surface area contributed by atoms with Crippen molar-refractivity contribution < 1.29 is 0 Å². The van der Waals surface area contributed by atoms with Gasteiger partial charge in [-0.2, -0.15) is 5.10 Å². The second-order valence-corrected chi connectivity index (χ2v) is 6.01. The van der Waals surface area contributed by atoms with Gasteiger partial charge in [0.1, 0.15) is 12.2 Å². The van der Waals surface area contributed by atoms with Crippen molar-refractivity contribution in [1.82, 2.24) is 19.7 Å². The SMILES string of the molecule is CC(C)n1ncnc1CN1CCC(C)(CN)CC1. The molecule has 1 aromatic rings. The lowest BCUT2D eigenvalue weighted by Gasteiger charge is -2.38. The Balaban J connectivity index is 1.94. The number of hydrogen-bond acceptors (Lipinski definition) is 4. The van der Waals surface area contributed by atoms with Crippen molar-refractivity contribution in [3.63, 3.8) is 0 Å². The van der Waals surface area contributed by atoms with Gasteiger partial charge in [0, 0.05) is 6.04 Å². The Hall–Kier alpha value is -0.940. The fraction of sp³-hybridized carbons (Fsp3) is 0.846. The molecule has 0 atom stereocenters. The molecule has 0 spiro atoms. The molecule has 0 radical (unpaired) electrons. The third-order valence-electron chi connectivity index (χ3n) is 4.06. The second-order valence-electron chi connectivity index (χ2n) is 6.01. The molecule has 2 rings (SSSR count). The zero-order chi connectivity index (χ0) is 13.2. The number of piperidine rings is 1. The molecule has 0 bridgehead atoms. The molecule has 18 heavy (non-hydrogen) atoms. The monoisotopic (exact) mass is 251 g/mol. The van der Waals surface area contributed by atoms with Crippen molar-refractivity contribution in [3.05, 3.63) is 12.2 Å². The van der Waals surface area contributed by atoms with Crippen molar-refractivity contribution in [3.8, 4) is 0 Å². The molecule has 1 saturated heterocycles. The second kappa shape index (κ2) is 5.36. The largest absolute Gasteiger partial charge is 0.330 e. The van der Waals surface area contributed by atoms with E-state index in [2.05, 4.69) is 35.8 Å². The van der Waals surface area contributed by atoms with E-state index >= 15 is 0 Å². The quantitative estimate of drug-likeness (QED) is 0.879. The number of nitrogens with zero attached hydrogens (tertiary/aromatic N) is 4. The van der Waals surface area contributed by atoms with Crippen LogP contribution in [-0.4, -0.2) is 39.3 Å². The normalized spacial score (nSPS) is 20.5. The van der Waals surface area contributed by atoms with Crippen LogP contribution in [0.4, 0.5) is 0 Å². The lowest BCUT2D eigenvalue weighted by atomic mass is 9.80. The van der Waals surface area contributed by atoms with E-state index in [0.717, 1.165) is 32.0 Å². The van der Waals surface area contributed by atoms with E-state index in [1.807, 2.05) is 4.68 Å². The average molecular weight is 251 g/mol. The third kappa shape index (κ3) is 2.90. The van der Waals surface area contributed by atoms with Crippen molar-refractivity contribution in [1.29, 1.82) is 0 Å². The smallest absolute Gasteiger partial charge is 0.141 e. The topological polar surface area (TPSA) is 60.0 Å². The molecule has 0 unspecified atom stereocenters. The Morgan fingerprint density at radius 1 is 1.39 bits per heavy atom. The standard InChI is InChI=1S/C13H25N5/c1-11(2)18-12(15-10-16-18)8-17-6-4-13(3,9-14)5-7-17/h10-11H,4-9,14H2,1-3H3. The minimum Gasteiger partial charge on any atom is -0.330 e. The minimum absolute atomic E-state index is 0.336. The first-order valence-electron chi connectivity index (χ1n) is 6.85. The van der Waals surface area contributed by atoms with Gasteiger partial charge in [0.25, 0.3) is 0 Å². The Bertz CT molecular complexity index is 376. The van der Waals surface area contributed by atoms with Gasteiger partial charge in [-0.3, -0.25) is 4.90 Å². The molecule has 0 amide bonds. The van der Waals surface area contributed by atoms with Crippen molar-refractivity contribution in [2.24, 2.45) is 11.1 Å². The fourth-order valence-corrected chi connectivity index (χ4v) is 2.47. The molecule has 5 heteroatoms. The van der Waals surface area contributed by atoms with Gasteiger partial charge in [-0.15, -0.1) is 0 Å². The summed E-state index contributed by atoms with van der Waals surface area (Å²) in [7, 11) is 0. The maximum absolute atomic E-state index is 5.84. The predicted octanol–water partition coefficient (Wildman–Crippen LogP) is 1.42. The van der Waals surface area contributed by atoms with Gasteiger partial charge in [-0.05, 0) is 51.7 Å². The highest BCUT2D eigenvalue weighted by atomic mass is 15.4. The van der Waals surface area contributed by atoms with Crippen LogP contribution in [0.25, 0.3) is 0 Å². The summed E-state index contributed by atoms with van der Waals surface area (Å²) in [5.74, 6) is 1.07. The molecule has 2 N–H and O–H groups in total. The summed E-state index contributed by atoms with van der Waals surface area (Å²) in [6.07, 6.45) is 4.02. The van der Waals surface area contributed by atoms with E-state index < -0.39 is 0 Å². The zero-order valence-electron chi connectivity index (χ0n) is 11.8. The number of rotatable bonds is 4. The van der Waals surface area contributed by atoms with E-state index in [0.29, 0.717) is 11.5 Å². The van der Waals surface area contributed by atoms with Crippen LogP contribution < -0.4 is 5.73 Å². The predicted molar refractivity (Wildman–Crippen MR) is 72.1 cm³/mol. The zero-order valence-corrected chi connectivity index (χ0v) is 11.8. The lowest BCUT2D eigenvalue weighted by molar-refractivity contribution is 0.115. The van der Waals surface area contributed by atoms with Gasteiger partial charge < -0.3 is 5.73 Å². The van der Waals surface area contributed by atoms with Crippen LogP contribution >= 0.6 is 0 Å². The molecule has 0 saturated carbocycles. The van der Waals surface area contributed by atoms with Crippen LogP contribution in [0.2, 0.25) is 0 Å². The highest BCUT2D eigenvalue weighted by molar-refractivity contribution is 4.90. The van der Waals surface area contributed by atoms with Crippen molar-refractivity contribution >= 4 is 0 Å². The molecule has 102 valence electrons. The maximum Gasteiger partial charge on any atom is 0.141 e. The summed E-state index contributed by atoms with van der Waals surface area (Å²) in [6, 6.07) is 0.376. The summed E-state index contributed by atoms with van der Waals surface area (Å²) >= 11 is 0. The summed E-state index contributed by atoms with van der Waals surface area (Å²) in [5, 5.41) is 4.28. The van der Waals surface area contributed by atoms with E-state index in [9.17, 15) is 0 Å². The van der Waals surface area contributed by atoms with Crippen molar-refractivity contribution in [2.75, 3.05) is 19.6 Å². The number of hydrogen-bond donors (Lipinski definition) is 1. The van der Waals surface area contributed by atoms with Crippen LogP contribution in [0.1, 0.15) is 45.5 Å². The molecule has 1 aliphatic rings. The minimum atomic E-state index is 0.336. The van der Waals surface area contributed by atoms with E-state index in [-0.39, 0.29) is 0 Å². The van der Waals surface area contributed by atoms with Crippen LogP contribution in [0.5, 0.6) is 0 Å². The van der Waals surface area contributed by atoms with Gasteiger partial charge in [0.2, 0.25) is 0 Å². The van der Waals surface area contributed by atoms with Crippen LogP contribution in [0.3, 0.4) is 0 Å². The summed E-state index contributed by atoms with van der Waals surface area (Å²) in [5.41, 5.74) is 6.17. The molecule has 0 aliphatic carbocycles. The number of likely N-dealkylation sites (tertiary alicyclic amines) is 1. The highest BCUT2D eigenvalue weighted by Gasteiger charge is 2.29. The van der Waals surface area contributed by atoms with E-state index in [1.54, 1.807) is 6.33 Å². The lowest BCUT2D eigenvalue weighted by Crippen LogP contribution is -2.42. The van der Waals surface area contributed by atoms with Gasteiger partial charge in [0.15, 0.2) is 0 Å².